The number of carbonyl (C=O) groups is 1. The predicted molar refractivity (Wildman–Crippen MR) is 65.4 cm³/mol. The number of hydrogen-bond donors (Lipinski definition) is 1. The van der Waals surface area contributed by atoms with Crippen molar-refractivity contribution in [3.05, 3.63) is 0 Å². The molecular weight excluding hydrogens is 234 g/mol. The Labute approximate surface area is 107 Å². The molecule has 1 unspecified atom stereocenters. The fourth-order valence-electron chi connectivity index (χ4n) is 2.75. The van der Waals surface area contributed by atoms with Crippen LogP contribution in [0, 0.1) is 0 Å². The Morgan fingerprint density at radius 1 is 1.17 bits per heavy atom. The summed E-state index contributed by atoms with van der Waals surface area (Å²) < 4.78 is 10.7. The van der Waals surface area contributed by atoms with E-state index in [-0.39, 0.29) is 12.0 Å². The topological polar surface area (TPSA) is 54.0 Å². The first-order valence-corrected chi connectivity index (χ1v) is 6.77. The van der Waals surface area contributed by atoms with Gasteiger partial charge in [-0.2, -0.15) is 0 Å². The van der Waals surface area contributed by atoms with E-state index in [2.05, 4.69) is 10.2 Å². The van der Waals surface area contributed by atoms with Gasteiger partial charge in [0.25, 0.3) is 5.91 Å². The van der Waals surface area contributed by atoms with Crippen molar-refractivity contribution in [1.29, 1.82) is 0 Å². The van der Waals surface area contributed by atoms with Crippen LogP contribution in [0.25, 0.3) is 0 Å². The van der Waals surface area contributed by atoms with Crippen molar-refractivity contribution in [2.45, 2.75) is 12.1 Å². The Morgan fingerprint density at radius 3 is 2.61 bits per heavy atom. The van der Waals surface area contributed by atoms with Gasteiger partial charge in [0.15, 0.2) is 6.10 Å². The SMILES string of the molecule is O=C(C1COCCO1)N1CC(N2CCNCC2)C1. The molecule has 3 fully saturated rings. The largest absolute Gasteiger partial charge is 0.376 e. The summed E-state index contributed by atoms with van der Waals surface area (Å²) in [4.78, 5) is 16.5. The van der Waals surface area contributed by atoms with Crippen molar-refractivity contribution >= 4 is 5.91 Å². The molecular formula is C12H21N3O3. The summed E-state index contributed by atoms with van der Waals surface area (Å²) in [6.07, 6.45) is -0.372. The number of likely N-dealkylation sites (tertiary alicyclic amines) is 1. The van der Waals surface area contributed by atoms with E-state index >= 15 is 0 Å². The van der Waals surface area contributed by atoms with E-state index in [1.165, 1.54) is 0 Å². The highest BCUT2D eigenvalue weighted by Crippen LogP contribution is 2.18. The van der Waals surface area contributed by atoms with Crippen molar-refractivity contribution in [3.63, 3.8) is 0 Å². The molecule has 3 aliphatic rings. The van der Waals surface area contributed by atoms with Crippen molar-refractivity contribution in [2.24, 2.45) is 0 Å². The van der Waals surface area contributed by atoms with Crippen LogP contribution in [0.1, 0.15) is 0 Å². The second kappa shape index (κ2) is 5.52. The highest BCUT2D eigenvalue weighted by molar-refractivity contribution is 5.82. The van der Waals surface area contributed by atoms with Gasteiger partial charge in [-0.05, 0) is 0 Å². The Hall–Kier alpha value is -0.690. The van der Waals surface area contributed by atoms with Gasteiger partial charge in [-0.1, -0.05) is 0 Å². The van der Waals surface area contributed by atoms with E-state index in [1.54, 1.807) is 0 Å². The molecule has 3 heterocycles. The van der Waals surface area contributed by atoms with Gasteiger partial charge in [-0.3, -0.25) is 9.69 Å². The number of ether oxygens (including phenoxy) is 2. The van der Waals surface area contributed by atoms with Crippen LogP contribution in [-0.4, -0.2) is 86.9 Å². The van der Waals surface area contributed by atoms with E-state index in [1.807, 2.05) is 4.90 Å². The molecule has 0 radical (unpaired) electrons. The minimum Gasteiger partial charge on any atom is -0.376 e. The molecule has 6 nitrogen and oxygen atoms in total. The van der Waals surface area contributed by atoms with Gasteiger partial charge in [0.1, 0.15) is 0 Å². The summed E-state index contributed by atoms with van der Waals surface area (Å²) in [5.74, 6) is 0.0982. The molecule has 3 aliphatic heterocycles. The molecule has 6 heteroatoms. The molecule has 18 heavy (non-hydrogen) atoms. The fraction of sp³-hybridized carbons (Fsp3) is 0.917. The van der Waals surface area contributed by atoms with Gasteiger partial charge in [-0.25, -0.2) is 0 Å². The van der Waals surface area contributed by atoms with Crippen LogP contribution in [0.2, 0.25) is 0 Å². The smallest absolute Gasteiger partial charge is 0.254 e. The van der Waals surface area contributed by atoms with Crippen LogP contribution in [-0.2, 0) is 14.3 Å². The van der Waals surface area contributed by atoms with Gasteiger partial charge in [-0.15, -0.1) is 0 Å². The quantitative estimate of drug-likeness (QED) is 0.652. The van der Waals surface area contributed by atoms with Crippen LogP contribution in [0.3, 0.4) is 0 Å². The molecule has 0 bridgehead atoms. The summed E-state index contributed by atoms with van der Waals surface area (Å²) in [5, 5.41) is 3.34. The third kappa shape index (κ3) is 2.51. The van der Waals surface area contributed by atoms with E-state index in [0.717, 1.165) is 39.3 Å². The third-order valence-electron chi connectivity index (χ3n) is 3.93. The highest BCUT2D eigenvalue weighted by atomic mass is 16.6. The maximum Gasteiger partial charge on any atom is 0.254 e. The Bertz CT molecular complexity index is 295. The third-order valence-corrected chi connectivity index (χ3v) is 3.93. The molecule has 0 aromatic rings. The van der Waals surface area contributed by atoms with E-state index in [9.17, 15) is 4.79 Å². The number of rotatable bonds is 2. The van der Waals surface area contributed by atoms with Gasteiger partial charge in [0, 0.05) is 45.3 Å². The van der Waals surface area contributed by atoms with Crippen LogP contribution >= 0.6 is 0 Å². The lowest BCUT2D eigenvalue weighted by Gasteiger charge is -2.47. The first kappa shape index (κ1) is 12.3. The first-order valence-electron chi connectivity index (χ1n) is 6.77. The Kier molecular flexibility index (Phi) is 3.79. The fourth-order valence-corrected chi connectivity index (χ4v) is 2.75. The van der Waals surface area contributed by atoms with Crippen LogP contribution in [0.15, 0.2) is 0 Å². The zero-order valence-corrected chi connectivity index (χ0v) is 10.6. The van der Waals surface area contributed by atoms with Crippen molar-refractivity contribution in [2.75, 3.05) is 59.1 Å². The summed E-state index contributed by atoms with van der Waals surface area (Å²) >= 11 is 0. The zero-order valence-electron chi connectivity index (χ0n) is 10.6. The molecule has 0 aromatic carbocycles. The van der Waals surface area contributed by atoms with Gasteiger partial charge in [0.05, 0.1) is 19.8 Å². The maximum atomic E-state index is 12.1. The standard InChI is InChI=1S/C12H21N3O3/c16-12(11-9-17-5-6-18-11)15-7-10(8-15)14-3-1-13-2-4-14/h10-11,13H,1-9H2. The van der Waals surface area contributed by atoms with Crippen molar-refractivity contribution in [3.8, 4) is 0 Å². The summed E-state index contributed by atoms with van der Waals surface area (Å²) in [5.41, 5.74) is 0. The molecule has 1 amide bonds. The van der Waals surface area contributed by atoms with Gasteiger partial charge >= 0.3 is 0 Å². The number of nitrogens with one attached hydrogen (secondary N) is 1. The zero-order chi connectivity index (χ0) is 12.4. The van der Waals surface area contributed by atoms with Crippen molar-refractivity contribution in [1.82, 2.24) is 15.1 Å². The van der Waals surface area contributed by atoms with Gasteiger partial charge in [0.2, 0.25) is 0 Å². The minimum atomic E-state index is -0.372. The van der Waals surface area contributed by atoms with E-state index in [4.69, 9.17) is 9.47 Å². The molecule has 0 aliphatic carbocycles. The second-order valence-corrected chi connectivity index (χ2v) is 5.12. The first-order chi connectivity index (χ1) is 8.84. The second-order valence-electron chi connectivity index (χ2n) is 5.12. The molecule has 0 saturated carbocycles. The predicted octanol–water partition coefficient (Wildman–Crippen LogP) is -1.48. The lowest BCUT2D eigenvalue weighted by Crippen LogP contribution is -2.65. The molecule has 1 atom stereocenters. The molecule has 0 spiro atoms. The molecule has 1 N–H and O–H groups in total. The monoisotopic (exact) mass is 255 g/mol. The number of nitrogens with zero attached hydrogens (tertiary/aromatic N) is 2. The Balaban J connectivity index is 1.44. The molecule has 0 aromatic heterocycles. The van der Waals surface area contributed by atoms with Crippen molar-refractivity contribution < 1.29 is 14.3 Å². The van der Waals surface area contributed by atoms with Crippen LogP contribution in [0.5, 0.6) is 0 Å². The average molecular weight is 255 g/mol. The number of hydrogen-bond acceptors (Lipinski definition) is 5. The summed E-state index contributed by atoms with van der Waals surface area (Å²) in [6.45, 7) is 7.54. The molecule has 102 valence electrons. The van der Waals surface area contributed by atoms with Gasteiger partial charge < -0.3 is 19.7 Å². The number of amides is 1. The lowest BCUT2D eigenvalue weighted by atomic mass is 10.0. The van der Waals surface area contributed by atoms with E-state index < -0.39 is 0 Å². The summed E-state index contributed by atoms with van der Waals surface area (Å²) in [6, 6.07) is 0.542. The molecule has 3 saturated heterocycles. The normalized spacial score (nSPS) is 31.1. The van der Waals surface area contributed by atoms with Crippen LogP contribution < -0.4 is 5.32 Å². The number of piperazine rings is 1. The Morgan fingerprint density at radius 2 is 1.94 bits per heavy atom. The number of carbonyl (C=O) groups excluding carboxylic acids is 1. The molecule has 3 rings (SSSR count). The van der Waals surface area contributed by atoms with E-state index in [0.29, 0.717) is 25.9 Å². The lowest BCUT2D eigenvalue weighted by molar-refractivity contribution is -0.164. The highest BCUT2D eigenvalue weighted by Gasteiger charge is 2.38. The van der Waals surface area contributed by atoms with Crippen LogP contribution in [0.4, 0.5) is 0 Å². The summed E-state index contributed by atoms with van der Waals surface area (Å²) in [7, 11) is 0. The minimum absolute atomic E-state index is 0.0982. The maximum absolute atomic E-state index is 12.1. The average Bonchev–Trinajstić information content (AvgIpc) is 2.39.